The van der Waals surface area contributed by atoms with Gasteiger partial charge in [0.2, 0.25) is 0 Å². The molecular weight excluding hydrogens is 326 g/mol. The topological polar surface area (TPSA) is 12.9 Å². The zero-order valence-electron chi connectivity index (χ0n) is 12.6. The molecule has 0 amide bonds. The van der Waals surface area contributed by atoms with E-state index in [1.165, 1.54) is 15.0 Å². The molecule has 1 aromatic heterocycles. The number of nitrogens with zero attached hydrogens (tertiary/aromatic N) is 1. The molecular formula is C17H22BrNSi. The van der Waals surface area contributed by atoms with Crippen molar-refractivity contribution >= 4 is 34.5 Å². The Bertz CT molecular complexity index is 558. The van der Waals surface area contributed by atoms with Crippen LogP contribution in [-0.2, 0) is 0 Å². The normalized spacial score (nSPS) is 12.2. The molecule has 0 aliphatic rings. The number of hydrogen-bond donors (Lipinski definition) is 0. The van der Waals surface area contributed by atoms with Crippen molar-refractivity contribution in [2.24, 2.45) is 0 Å². The van der Waals surface area contributed by atoms with Gasteiger partial charge >= 0.3 is 0 Å². The molecule has 0 bridgehead atoms. The van der Waals surface area contributed by atoms with E-state index >= 15 is 0 Å². The van der Waals surface area contributed by atoms with Crippen LogP contribution in [0.3, 0.4) is 0 Å². The lowest BCUT2D eigenvalue weighted by Gasteiger charge is -2.39. The van der Waals surface area contributed by atoms with Gasteiger partial charge in [-0.1, -0.05) is 67.9 Å². The lowest BCUT2D eigenvalue weighted by atomic mass is 10.4. The van der Waals surface area contributed by atoms with Gasteiger partial charge < -0.3 is 0 Å². The van der Waals surface area contributed by atoms with E-state index < -0.39 is 8.07 Å². The molecule has 1 heterocycles. The minimum atomic E-state index is -1.90. The Morgan fingerprint density at radius 1 is 0.900 bits per heavy atom. The number of halogens is 1. The number of pyridine rings is 1. The molecule has 0 saturated carbocycles. The molecule has 1 nitrogen and oxygen atoms in total. The highest BCUT2D eigenvalue weighted by molar-refractivity contribution is 9.10. The fourth-order valence-electron chi connectivity index (χ4n) is 3.42. The van der Waals surface area contributed by atoms with Crippen LogP contribution in [0.15, 0.2) is 53.1 Å². The zero-order chi connectivity index (χ0) is 14.8. The first-order valence-corrected chi connectivity index (χ1v) is 10.1. The second-order valence-electron chi connectivity index (χ2n) is 5.87. The van der Waals surface area contributed by atoms with Crippen LogP contribution in [0.2, 0.25) is 11.1 Å². The molecule has 0 aliphatic heterocycles. The molecule has 0 N–H and O–H groups in total. The average molecular weight is 348 g/mol. The van der Waals surface area contributed by atoms with Crippen molar-refractivity contribution in [2.45, 2.75) is 38.8 Å². The fraction of sp³-hybridized carbons (Fsp3) is 0.353. The molecule has 20 heavy (non-hydrogen) atoms. The first-order valence-electron chi connectivity index (χ1n) is 7.17. The molecule has 2 rings (SSSR count). The van der Waals surface area contributed by atoms with Crippen molar-refractivity contribution in [1.29, 1.82) is 0 Å². The van der Waals surface area contributed by atoms with E-state index in [1.807, 2.05) is 12.3 Å². The maximum atomic E-state index is 4.75. The summed E-state index contributed by atoms with van der Waals surface area (Å²) >= 11 is 3.77. The molecule has 1 aromatic carbocycles. The SMILES string of the molecule is CC(C)[Si](c1ccccn1)(c1ccccc1Br)C(C)C. The third-order valence-electron chi connectivity index (χ3n) is 4.23. The summed E-state index contributed by atoms with van der Waals surface area (Å²) in [6.07, 6.45) is 1.93. The van der Waals surface area contributed by atoms with Gasteiger partial charge in [-0.25, -0.2) is 0 Å². The van der Waals surface area contributed by atoms with Gasteiger partial charge in [0.05, 0.1) is 0 Å². The first-order chi connectivity index (χ1) is 9.51. The third-order valence-corrected chi connectivity index (χ3v) is 11.4. The van der Waals surface area contributed by atoms with Crippen LogP contribution in [-0.4, -0.2) is 13.1 Å². The molecule has 0 radical (unpaired) electrons. The van der Waals surface area contributed by atoms with Crippen LogP contribution < -0.4 is 10.5 Å². The summed E-state index contributed by atoms with van der Waals surface area (Å²) < 4.78 is 1.22. The highest BCUT2D eigenvalue weighted by Gasteiger charge is 2.45. The number of aromatic nitrogens is 1. The van der Waals surface area contributed by atoms with Gasteiger partial charge in [0.15, 0.2) is 0 Å². The van der Waals surface area contributed by atoms with Crippen molar-refractivity contribution in [3.05, 3.63) is 53.1 Å². The fourth-order valence-corrected chi connectivity index (χ4v) is 10.2. The summed E-state index contributed by atoms with van der Waals surface area (Å²) in [4.78, 5) is 4.75. The molecule has 0 aliphatic carbocycles. The summed E-state index contributed by atoms with van der Waals surface area (Å²) in [6.45, 7) is 9.39. The molecule has 2 aromatic rings. The van der Waals surface area contributed by atoms with Crippen LogP contribution in [0.1, 0.15) is 27.7 Å². The zero-order valence-corrected chi connectivity index (χ0v) is 15.2. The quantitative estimate of drug-likeness (QED) is 0.754. The maximum absolute atomic E-state index is 4.75. The largest absolute Gasteiger partial charge is 0.266 e. The van der Waals surface area contributed by atoms with Crippen LogP contribution >= 0.6 is 15.9 Å². The third kappa shape index (κ3) is 2.49. The van der Waals surface area contributed by atoms with E-state index in [-0.39, 0.29) is 0 Å². The van der Waals surface area contributed by atoms with Crippen LogP contribution in [0, 0.1) is 0 Å². The van der Waals surface area contributed by atoms with E-state index in [2.05, 4.69) is 80.0 Å². The first kappa shape index (κ1) is 15.5. The van der Waals surface area contributed by atoms with Gasteiger partial charge in [0, 0.05) is 16.0 Å². The van der Waals surface area contributed by atoms with Crippen molar-refractivity contribution in [3.8, 4) is 0 Å². The summed E-state index contributed by atoms with van der Waals surface area (Å²) in [5.41, 5.74) is 1.19. The van der Waals surface area contributed by atoms with Crippen molar-refractivity contribution < 1.29 is 0 Å². The van der Waals surface area contributed by atoms with E-state index in [1.54, 1.807) is 0 Å². The van der Waals surface area contributed by atoms with E-state index in [9.17, 15) is 0 Å². The van der Waals surface area contributed by atoms with Crippen molar-refractivity contribution in [2.75, 3.05) is 0 Å². The minimum absolute atomic E-state index is 0.594. The lowest BCUT2D eigenvalue weighted by molar-refractivity contribution is 0.922. The Balaban J connectivity index is 2.76. The van der Waals surface area contributed by atoms with Gasteiger partial charge in [0.1, 0.15) is 8.07 Å². The summed E-state index contributed by atoms with van der Waals surface area (Å²) in [5.74, 6) is 0. The van der Waals surface area contributed by atoms with Crippen LogP contribution in [0.4, 0.5) is 0 Å². The average Bonchev–Trinajstić information content (AvgIpc) is 2.42. The number of hydrogen-bond acceptors (Lipinski definition) is 1. The predicted molar refractivity (Wildman–Crippen MR) is 93.6 cm³/mol. The lowest BCUT2D eigenvalue weighted by Crippen LogP contribution is -2.64. The highest BCUT2D eigenvalue weighted by atomic mass is 79.9. The Morgan fingerprint density at radius 3 is 2.00 bits per heavy atom. The monoisotopic (exact) mass is 347 g/mol. The second kappa shape index (κ2) is 6.23. The minimum Gasteiger partial charge on any atom is -0.266 e. The Hall–Kier alpha value is -0.933. The van der Waals surface area contributed by atoms with E-state index in [4.69, 9.17) is 4.98 Å². The van der Waals surface area contributed by atoms with Gasteiger partial charge in [0.25, 0.3) is 0 Å². The van der Waals surface area contributed by atoms with Crippen LogP contribution in [0.5, 0.6) is 0 Å². The van der Waals surface area contributed by atoms with E-state index in [0.717, 1.165) is 0 Å². The molecule has 3 heteroatoms. The molecule has 0 spiro atoms. The van der Waals surface area contributed by atoms with Crippen molar-refractivity contribution in [1.82, 2.24) is 4.98 Å². The Morgan fingerprint density at radius 2 is 1.50 bits per heavy atom. The van der Waals surface area contributed by atoms with Crippen molar-refractivity contribution in [3.63, 3.8) is 0 Å². The summed E-state index contributed by atoms with van der Waals surface area (Å²) in [5, 5.41) is 2.75. The number of benzene rings is 1. The second-order valence-corrected chi connectivity index (χ2v) is 11.8. The molecule has 0 saturated heterocycles. The van der Waals surface area contributed by atoms with Gasteiger partial charge in [-0.2, -0.15) is 0 Å². The van der Waals surface area contributed by atoms with Gasteiger partial charge in [-0.3, -0.25) is 4.98 Å². The predicted octanol–water partition coefficient (Wildman–Crippen LogP) is 4.23. The molecule has 0 fully saturated rings. The van der Waals surface area contributed by atoms with Crippen LogP contribution in [0.25, 0.3) is 0 Å². The standard InChI is InChI=1S/C17H22BrNSi/c1-13(2)20(14(3)4,17-11-7-8-12-19-17)16-10-6-5-9-15(16)18/h5-14H,1-4H3. The maximum Gasteiger partial charge on any atom is 0.147 e. The summed E-state index contributed by atoms with van der Waals surface area (Å²) in [7, 11) is -1.90. The van der Waals surface area contributed by atoms with Gasteiger partial charge in [-0.05, 0) is 34.5 Å². The smallest absolute Gasteiger partial charge is 0.147 e. The Kier molecular flexibility index (Phi) is 4.81. The molecule has 0 unspecified atom stereocenters. The number of rotatable bonds is 4. The Labute approximate surface area is 131 Å². The highest BCUT2D eigenvalue weighted by Crippen LogP contribution is 2.33. The van der Waals surface area contributed by atoms with Gasteiger partial charge in [-0.15, -0.1) is 0 Å². The van der Waals surface area contributed by atoms with E-state index in [0.29, 0.717) is 11.1 Å². The molecule has 106 valence electrons. The summed E-state index contributed by atoms with van der Waals surface area (Å²) in [6, 6.07) is 15.0. The molecule has 0 atom stereocenters.